The molecule has 3 N–H and O–H groups in total. The van der Waals surface area contributed by atoms with E-state index in [9.17, 15) is 24.0 Å². The van der Waals surface area contributed by atoms with E-state index in [2.05, 4.69) is 30.7 Å². The molecule has 1 aliphatic rings. The van der Waals surface area contributed by atoms with Gasteiger partial charge in [-0.3, -0.25) is 39.0 Å². The predicted octanol–water partition coefficient (Wildman–Crippen LogP) is 1.33. The van der Waals surface area contributed by atoms with Gasteiger partial charge in [0.1, 0.15) is 17.4 Å². The molecular weight excluding hydrogens is 504 g/mol. The first-order valence-electron chi connectivity index (χ1n) is 12.0. The quantitative estimate of drug-likeness (QED) is 0.295. The molecule has 0 saturated carbocycles. The molecule has 6 rings (SSSR count). The molecule has 1 aliphatic heterocycles. The van der Waals surface area contributed by atoms with E-state index >= 15 is 0 Å². The number of hydrogen-bond donors (Lipinski definition) is 3. The van der Waals surface area contributed by atoms with Gasteiger partial charge in [0, 0.05) is 18.1 Å². The zero-order valence-corrected chi connectivity index (χ0v) is 20.5. The highest BCUT2D eigenvalue weighted by Gasteiger charge is 2.30. The van der Waals surface area contributed by atoms with Gasteiger partial charge in [-0.25, -0.2) is 9.97 Å². The fourth-order valence-corrected chi connectivity index (χ4v) is 4.65. The first kappa shape index (κ1) is 23.9. The third kappa shape index (κ3) is 4.15. The summed E-state index contributed by atoms with van der Waals surface area (Å²) in [6, 6.07) is 14.3. The number of rotatable bonds is 4. The third-order valence-corrected chi connectivity index (χ3v) is 6.49. The molecule has 1 atom stereocenters. The van der Waals surface area contributed by atoms with Gasteiger partial charge in [-0.05, 0) is 25.5 Å². The number of piperidine rings is 1. The van der Waals surface area contributed by atoms with Gasteiger partial charge in [-0.1, -0.05) is 36.4 Å². The molecule has 194 valence electrons. The van der Waals surface area contributed by atoms with Crippen LogP contribution in [0.3, 0.4) is 0 Å². The molecule has 1 fully saturated rings. The minimum absolute atomic E-state index is 0.0190. The van der Waals surface area contributed by atoms with E-state index in [1.165, 1.54) is 16.7 Å². The molecule has 0 radical (unpaired) electrons. The lowest BCUT2D eigenvalue weighted by Gasteiger charge is -2.24. The van der Waals surface area contributed by atoms with Crippen LogP contribution in [0.4, 0.5) is 5.69 Å². The van der Waals surface area contributed by atoms with Crippen molar-refractivity contribution in [3.8, 4) is 11.3 Å². The second-order valence-electron chi connectivity index (χ2n) is 9.01. The number of nitrogens with zero attached hydrogens (tertiary/aromatic N) is 5. The standard InChI is InChI=1S/C26H20N8O5/c1-13-27-21-15(25(39)33(13)18-10-11-19(35)30-23(18)37)8-5-9-16(21)28-24(38)22-31-26-29-17(12-20(36)34(26)32-22)14-6-3-2-4-7-14/h2-9,12,18H,10-11H2,1H3,(H,28,38)(H,29,31,32)(H,30,35,37). The lowest BCUT2D eigenvalue weighted by molar-refractivity contribution is -0.135. The van der Waals surface area contributed by atoms with Crippen LogP contribution >= 0.6 is 0 Å². The molecule has 0 bridgehead atoms. The molecule has 4 heterocycles. The van der Waals surface area contributed by atoms with Gasteiger partial charge in [0.05, 0.1) is 16.8 Å². The fraction of sp³-hybridized carbons (Fsp3) is 0.154. The minimum atomic E-state index is -0.868. The van der Waals surface area contributed by atoms with E-state index in [-0.39, 0.29) is 52.8 Å². The van der Waals surface area contributed by atoms with Crippen LogP contribution in [0.15, 0.2) is 64.2 Å². The SMILES string of the molecule is Cc1nc2c(NC(=O)c3nc4nc(-c5ccccc5)cc(=O)n4[nH]3)cccc2c(=O)n1C1CCC(=O)NC1=O. The lowest BCUT2D eigenvalue weighted by atomic mass is 10.1. The Kier molecular flexibility index (Phi) is 5.60. The Morgan fingerprint density at radius 2 is 1.79 bits per heavy atom. The van der Waals surface area contributed by atoms with Crippen molar-refractivity contribution in [3.05, 3.63) is 87.0 Å². The number of aromatic nitrogens is 6. The molecule has 1 unspecified atom stereocenters. The summed E-state index contributed by atoms with van der Waals surface area (Å²) in [6.45, 7) is 1.57. The monoisotopic (exact) mass is 524 g/mol. The van der Waals surface area contributed by atoms with Crippen LogP contribution in [0.5, 0.6) is 0 Å². The van der Waals surface area contributed by atoms with Crippen LogP contribution in [0.2, 0.25) is 0 Å². The van der Waals surface area contributed by atoms with Crippen LogP contribution in [0, 0.1) is 6.92 Å². The van der Waals surface area contributed by atoms with Crippen LogP contribution in [-0.4, -0.2) is 46.9 Å². The van der Waals surface area contributed by atoms with Gasteiger partial charge in [-0.2, -0.15) is 9.50 Å². The van der Waals surface area contributed by atoms with Gasteiger partial charge < -0.3 is 5.32 Å². The number of benzene rings is 2. The lowest BCUT2D eigenvalue weighted by Crippen LogP contribution is -2.45. The number of carbonyl (C=O) groups excluding carboxylic acids is 3. The molecule has 13 heteroatoms. The number of para-hydroxylation sites is 1. The van der Waals surface area contributed by atoms with Crippen molar-refractivity contribution in [2.45, 2.75) is 25.8 Å². The minimum Gasteiger partial charge on any atom is -0.317 e. The smallest absolute Gasteiger partial charge is 0.293 e. The Morgan fingerprint density at radius 1 is 1.00 bits per heavy atom. The highest BCUT2D eigenvalue weighted by Crippen LogP contribution is 2.24. The molecule has 0 aliphatic carbocycles. The van der Waals surface area contributed by atoms with Crippen molar-refractivity contribution in [1.82, 2.24) is 34.4 Å². The maximum absolute atomic E-state index is 13.4. The van der Waals surface area contributed by atoms with Crippen LogP contribution in [0.25, 0.3) is 27.9 Å². The van der Waals surface area contributed by atoms with E-state index in [4.69, 9.17) is 0 Å². The number of imide groups is 1. The highest BCUT2D eigenvalue weighted by molar-refractivity contribution is 6.06. The van der Waals surface area contributed by atoms with Crippen molar-refractivity contribution in [3.63, 3.8) is 0 Å². The van der Waals surface area contributed by atoms with E-state index < -0.39 is 29.0 Å². The summed E-state index contributed by atoms with van der Waals surface area (Å²) in [6.07, 6.45) is 0.291. The Labute approximate surface area is 218 Å². The fourth-order valence-electron chi connectivity index (χ4n) is 4.65. The number of amides is 3. The Morgan fingerprint density at radius 3 is 2.56 bits per heavy atom. The molecule has 39 heavy (non-hydrogen) atoms. The second kappa shape index (κ2) is 9.13. The van der Waals surface area contributed by atoms with Crippen LogP contribution in [0.1, 0.15) is 35.3 Å². The number of aromatic amines is 1. The third-order valence-electron chi connectivity index (χ3n) is 6.49. The number of anilines is 1. The molecule has 2 aromatic carbocycles. The number of hydrogen-bond acceptors (Lipinski definition) is 8. The van der Waals surface area contributed by atoms with Crippen LogP contribution in [-0.2, 0) is 9.59 Å². The van der Waals surface area contributed by atoms with E-state index in [1.807, 2.05) is 30.3 Å². The topological polar surface area (TPSA) is 173 Å². The number of H-pyrrole nitrogens is 1. The normalized spacial score (nSPS) is 15.5. The largest absolute Gasteiger partial charge is 0.317 e. The zero-order chi connectivity index (χ0) is 27.3. The van der Waals surface area contributed by atoms with Gasteiger partial charge in [0.25, 0.3) is 22.8 Å². The Bertz CT molecular complexity index is 1940. The average molecular weight is 524 g/mol. The average Bonchev–Trinajstić information content (AvgIpc) is 3.36. The van der Waals surface area contributed by atoms with E-state index in [0.29, 0.717) is 5.69 Å². The van der Waals surface area contributed by atoms with Crippen LogP contribution < -0.4 is 21.8 Å². The molecular formula is C26H20N8O5. The zero-order valence-electron chi connectivity index (χ0n) is 20.5. The van der Waals surface area contributed by atoms with Gasteiger partial charge in [-0.15, -0.1) is 0 Å². The first-order chi connectivity index (χ1) is 18.8. The summed E-state index contributed by atoms with van der Waals surface area (Å²) in [4.78, 5) is 76.1. The number of nitrogens with one attached hydrogen (secondary N) is 3. The van der Waals surface area contributed by atoms with Gasteiger partial charge >= 0.3 is 0 Å². The van der Waals surface area contributed by atoms with Crippen molar-refractivity contribution in [1.29, 1.82) is 0 Å². The van der Waals surface area contributed by atoms with Crippen molar-refractivity contribution >= 4 is 40.1 Å². The van der Waals surface area contributed by atoms with E-state index in [0.717, 1.165) is 10.1 Å². The second-order valence-corrected chi connectivity index (χ2v) is 9.01. The summed E-state index contributed by atoms with van der Waals surface area (Å²) in [5, 5.41) is 7.77. The number of aryl methyl sites for hydroxylation is 1. The Balaban J connectivity index is 1.35. The summed E-state index contributed by atoms with van der Waals surface area (Å²) in [7, 11) is 0. The summed E-state index contributed by atoms with van der Waals surface area (Å²) in [5.74, 6) is -1.54. The highest BCUT2D eigenvalue weighted by atomic mass is 16.2. The molecule has 3 amide bonds. The first-order valence-corrected chi connectivity index (χ1v) is 12.0. The molecule has 1 saturated heterocycles. The van der Waals surface area contributed by atoms with Crippen molar-refractivity contribution < 1.29 is 14.4 Å². The predicted molar refractivity (Wildman–Crippen MR) is 139 cm³/mol. The van der Waals surface area contributed by atoms with Crippen molar-refractivity contribution in [2.75, 3.05) is 5.32 Å². The summed E-state index contributed by atoms with van der Waals surface area (Å²) >= 11 is 0. The van der Waals surface area contributed by atoms with Gasteiger partial charge in [0.2, 0.25) is 17.6 Å². The molecule has 3 aromatic heterocycles. The maximum Gasteiger partial charge on any atom is 0.293 e. The van der Waals surface area contributed by atoms with E-state index in [1.54, 1.807) is 19.1 Å². The molecule has 0 spiro atoms. The molecule has 5 aromatic rings. The molecule has 13 nitrogen and oxygen atoms in total. The Hall–Kier alpha value is -5.46. The maximum atomic E-state index is 13.4. The van der Waals surface area contributed by atoms with Crippen molar-refractivity contribution in [2.24, 2.45) is 0 Å². The summed E-state index contributed by atoms with van der Waals surface area (Å²) in [5.41, 5.74) is 0.678. The number of carbonyl (C=O) groups is 3. The van der Waals surface area contributed by atoms with Gasteiger partial charge in [0.15, 0.2) is 0 Å². The number of fused-ring (bicyclic) bond motifs is 2. The summed E-state index contributed by atoms with van der Waals surface area (Å²) < 4.78 is 2.32.